The zero-order chi connectivity index (χ0) is 31.8. The lowest BCUT2D eigenvalue weighted by Gasteiger charge is -2.24. The van der Waals surface area contributed by atoms with Gasteiger partial charge in [0.2, 0.25) is 0 Å². The largest absolute Gasteiger partial charge is 0.482 e. The molecule has 11 nitrogen and oxygen atoms in total. The van der Waals surface area contributed by atoms with Crippen LogP contribution in [0.3, 0.4) is 0 Å². The number of ether oxygens (including phenoxy) is 2. The summed E-state index contributed by atoms with van der Waals surface area (Å²) in [5.74, 6) is 0.952. The summed E-state index contributed by atoms with van der Waals surface area (Å²) >= 11 is 0. The van der Waals surface area contributed by atoms with Crippen molar-refractivity contribution in [2.45, 2.75) is 96.1 Å². The van der Waals surface area contributed by atoms with Gasteiger partial charge in [0.25, 0.3) is 11.8 Å². The maximum atomic E-state index is 13.8. The molecule has 2 saturated heterocycles. The van der Waals surface area contributed by atoms with Crippen LogP contribution in [0.1, 0.15) is 80.7 Å². The molecule has 11 heteroatoms. The molecule has 238 valence electrons. The number of fused-ring (bicyclic) bond motifs is 4. The average Bonchev–Trinajstić information content (AvgIpc) is 3.34. The lowest BCUT2D eigenvalue weighted by Crippen LogP contribution is -2.44. The van der Waals surface area contributed by atoms with Crippen LogP contribution in [-0.2, 0) is 16.1 Å². The first-order chi connectivity index (χ1) is 21.5. The van der Waals surface area contributed by atoms with E-state index in [9.17, 15) is 9.59 Å². The molecule has 6 heterocycles. The first kappa shape index (κ1) is 29.7. The van der Waals surface area contributed by atoms with Crippen LogP contribution < -0.4 is 15.8 Å². The van der Waals surface area contributed by atoms with Crippen LogP contribution in [-0.4, -0.2) is 73.6 Å². The molecule has 3 N–H and O–H groups in total. The fourth-order valence-electron chi connectivity index (χ4n) is 7.15. The molecule has 45 heavy (non-hydrogen) atoms. The maximum Gasteiger partial charge on any atom is 0.254 e. The number of carbonyl (C=O) groups is 2. The molecule has 0 aromatic carbocycles. The predicted molar refractivity (Wildman–Crippen MR) is 171 cm³/mol. The highest BCUT2D eigenvalue weighted by atomic mass is 16.5. The summed E-state index contributed by atoms with van der Waals surface area (Å²) in [6, 6.07) is 9.90. The smallest absolute Gasteiger partial charge is 0.254 e. The first-order valence-electron chi connectivity index (χ1n) is 16.0. The second kappa shape index (κ2) is 10.8. The fourth-order valence-corrected chi connectivity index (χ4v) is 7.15. The molecule has 0 unspecified atom stereocenters. The van der Waals surface area contributed by atoms with Crippen molar-refractivity contribution >= 4 is 28.5 Å². The Morgan fingerprint density at radius 1 is 1.11 bits per heavy atom. The molecule has 2 aliphatic heterocycles. The normalized spacial score (nSPS) is 22.0. The van der Waals surface area contributed by atoms with Crippen LogP contribution in [0.2, 0.25) is 0 Å². The van der Waals surface area contributed by atoms with E-state index in [0.29, 0.717) is 23.0 Å². The standard InChI is InChI=1S/C34H43N7O4/c1-18(36-33(43)34(3,4)45-6)25-11-9-21-13-27(39(31(21)37-25)17-20-7-8-20)30-19(2)40-28(38-30)14-22(15-29(40)44-5)32(42)41-23-10-12-26(41)24(35)16-23/h9,11,13-15,18,20,23-24,26H,7-8,10,12,16-17,35H2,1-6H3,(H,36,43)/t18-,23+,24-,26-/m1/s1. The van der Waals surface area contributed by atoms with Crippen molar-refractivity contribution < 1.29 is 19.1 Å². The molecule has 4 atom stereocenters. The summed E-state index contributed by atoms with van der Waals surface area (Å²) in [6.07, 6.45) is 5.20. The van der Waals surface area contributed by atoms with Gasteiger partial charge in [0.05, 0.1) is 30.2 Å². The van der Waals surface area contributed by atoms with Crippen molar-refractivity contribution in [3.05, 3.63) is 47.3 Å². The molecular formula is C34H43N7O4. The summed E-state index contributed by atoms with van der Waals surface area (Å²) in [7, 11) is 3.16. The van der Waals surface area contributed by atoms with Crippen LogP contribution >= 0.6 is 0 Å². The minimum Gasteiger partial charge on any atom is -0.482 e. The number of aromatic nitrogens is 4. The first-order valence-corrected chi connectivity index (χ1v) is 16.0. The molecule has 7 rings (SSSR count). The number of hydrogen-bond acceptors (Lipinski definition) is 7. The number of nitrogens with two attached hydrogens (primary N) is 1. The summed E-state index contributed by atoms with van der Waals surface area (Å²) in [5.41, 5.74) is 11.0. The zero-order valence-electron chi connectivity index (χ0n) is 27.0. The maximum absolute atomic E-state index is 13.8. The Morgan fingerprint density at radius 2 is 1.89 bits per heavy atom. The summed E-state index contributed by atoms with van der Waals surface area (Å²) < 4.78 is 15.4. The Kier molecular flexibility index (Phi) is 7.16. The molecule has 4 aromatic rings. The van der Waals surface area contributed by atoms with E-state index >= 15 is 0 Å². The third kappa shape index (κ3) is 4.96. The van der Waals surface area contributed by atoms with Gasteiger partial charge in [0.15, 0.2) is 5.88 Å². The molecule has 1 aliphatic carbocycles. The van der Waals surface area contributed by atoms with Gasteiger partial charge in [0, 0.05) is 48.8 Å². The van der Waals surface area contributed by atoms with E-state index in [1.165, 1.54) is 20.0 Å². The number of rotatable bonds is 9. The van der Waals surface area contributed by atoms with Crippen molar-refractivity contribution in [2.24, 2.45) is 11.7 Å². The number of imidazole rings is 1. The van der Waals surface area contributed by atoms with Crippen LogP contribution in [0.4, 0.5) is 0 Å². The summed E-state index contributed by atoms with van der Waals surface area (Å²) in [5, 5.41) is 4.05. The lowest BCUT2D eigenvalue weighted by molar-refractivity contribution is -0.140. The topological polar surface area (TPSA) is 129 Å². The number of carbonyl (C=O) groups excluding carboxylic acids is 2. The zero-order valence-corrected chi connectivity index (χ0v) is 27.0. The van der Waals surface area contributed by atoms with Gasteiger partial charge in [-0.3, -0.25) is 14.0 Å². The Balaban J connectivity index is 1.29. The van der Waals surface area contributed by atoms with E-state index in [4.69, 9.17) is 25.2 Å². The van der Waals surface area contributed by atoms with Crippen molar-refractivity contribution in [2.75, 3.05) is 14.2 Å². The van der Waals surface area contributed by atoms with E-state index in [0.717, 1.165) is 59.6 Å². The number of nitrogens with zero attached hydrogens (tertiary/aromatic N) is 5. The Bertz CT molecular complexity index is 1820. The minimum absolute atomic E-state index is 0.00636. The number of methoxy groups -OCH3 is 2. The van der Waals surface area contributed by atoms with Gasteiger partial charge in [-0.25, -0.2) is 9.97 Å². The molecule has 1 saturated carbocycles. The monoisotopic (exact) mass is 613 g/mol. The van der Waals surface area contributed by atoms with Crippen molar-refractivity contribution in [3.8, 4) is 17.3 Å². The highest BCUT2D eigenvalue weighted by molar-refractivity contribution is 5.97. The van der Waals surface area contributed by atoms with Gasteiger partial charge in [-0.05, 0) is 90.0 Å². The molecule has 2 amide bonds. The molecular weight excluding hydrogens is 570 g/mol. The molecule has 0 radical (unpaired) electrons. The highest BCUT2D eigenvalue weighted by Gasteiger charge is 2.47. The van der Waals surface area contributed by atoms with Crippen molar-refractivity contribution in [1.82, 2.24) is 29.2 Å². The average molecular weight is 614 g/mol. The number of hydrogen-bond donors (Lipinski definition) is 2. The molecule has 3 aliphatic rings. The van der Waals surface area contributed by atoms with Crippen LogP contribution in [0.25, 0.3) is 28.1 Å². The summed E-state index contributed by atoms with van der Waals surface area (Å²) in [4.78, 5) is 38.8. The number of nitrogens with one attached hydrogen (secondary N) is 1. The van der Waals surface area contributed by atoms with E-state index in [1.54, 1.807) is 21.0 Å². The van der Waals surface area contributed by atoms with Gasteiger partial charge in [-0.2, -0.15) is 0 Å². The van der Waals surface area contributed by atoms with Gasteiger partial charge in [0.1, 0.15) is 22.6 Å². The Morgan fingerprint density at radius 3 is 2.53 bits per heavy atom. The number of aryl methyl sites for hydroxylation is 1. The molecule has 3 fully saturated rings. The number of pyridine rings is 2. The van der Waals surface area contributed by atoms with E-state index in [-0.39, 0.29) is 36.0 Å². The quantitative estimate of drug-likeness (QED) is 0.287. The van der Waals surface area contributed by atoms with Gasteiger partial charge in [-0.1, -0.05) is 0 Å². The van der Waals surface area contributed by atoms with E-state index < -0.39 is 5.60 Å². The highest BCUT2D eigenvalue weighted by Crippen LogP contribution is 2.40. The number of amides is 2. The SMILES string of the molecule is COc1cc(C(=O)N2[C@H]3CC[C@@H]2[C@H](N)C3)cc2nc(-c3cc4ccc([C@@H](C)NC(=O)C(C)(C)OC)nc4n3CC3CC3)c(C)n12. The van der Waals surface area contributed by atoms with Crippen LogP contribution in [0.15, 0.2) is 30.3 Å². The molecule has 4 aromatic heterocycles. The fraction of sp³-hybridized carbons (Fsp3) is 0.529. The minimum atomic E-state index is -0.940. The van der Waals surface area contributed by atoms with E-state index in [1.807, 2.05) is 41.3 Å². The Hall–Kier alpha value is -3.96. The van der Waals surface area contributed by atoms with Gasteiger partial charge in [-0.15, -0.1) is 0 Å². The third-order valence-corrected chi connectivity index (χ3v) is 10.2. The van der Waals surface area contributed by atoms with E-state index in [2.05, 4.69) is 22.0 Å². The molecule has 0 spiro atoms. The van der Waals surface area contributed by atoms with Crippen LogP contribution in [0, 0.1) is 12.8 Å². The predicted octanol–water partition coefficient (Wildman–Crippen LogP) is 4.38. The lowest BCUT2D eigenvalue weighted by atomic mass is 9.97. The second-order valence-corrected chi connectivity index (χ2v) is 13.6. The molecule has 2 bridgehead atoms. The van der Waals surface area contributed by atoms with Gasteiger partial charge < -0.3 is 30.0 Å². The van der Waals surface area contributed by atoms with Crippen LogP contribution in [0.5, 0.6) is 5.88 Å². The van der Waals surface area contributed by atoms with Crippen molar-refractivity contribution in [3.63, 3.8) is 0 Å². The second-order valence-electron chi connectivity index (χ2n) is 13.6. The third-order valence-electron chi connectivity index (χ3n) is 10.2. The summed E-state index contributed by atoms with van der Waals surface area (Å²) in [6.45, 7) is 8.29. The van der Waals surface area contributed by atoms with Crippen molar-refractivity contribution in [1.29, 1.82) is 0 Å². The van der Waals surface area contributed by atoms with Gasteiger partial charge >= 0.3 is 0 Å². The Labute approximate surface area is 263 Å².